The topological polar surface area (TPSA) is 26.0 Å². The molecule has 100 valence electrons. The minimum Gasteiger partial charge on any atom is -0.330 e. The quantitative estimate of drug-likeness (QED) is 0.376. The Balaban J connectivity index is 0. The normalized spacial score (nSPS) is 10.1. The summed E-state index contributed by atoms with van der Waals surface area (Å²) in [6, 6.07) is 0. The monoisotopic (exact) mass is 357 g/mol. The fourth-order valence-corrected chi connectivity index (χ4v) is 2.23. The van der Waals surface area contributed by atoms with Crippen molar-refractivity contribution < 1.29 is 0 Å². The van der Waals surface area contributed by atoms with Crippen molar-refractivity contribution >= 4 is 32.9 Å². The Morgan fingerprint density at radius 2 is 0.875 bits per heavy atom. The lowest BCUT2D eigenvalue weighted by Crippen LogP contribution is -1.97. The molecular weight excluding hydrogens is 330 g/mol. The number of alkyl halides is 1. The van der Waals surface area contributed by atoms with Crippen molar-refractivity contribution in [2.45, 2.75) is 70.6 Å². The molecule has 0 aliphatic carbocycles. The lowest BCUT2D eigenvalue weighted by Gasteiger charge is -2.01. The number of hydrogen-bond donors (Lipinski definition) is 1. The summed E-state index contributed by atoms with van der Waals surface area (Å²) in [5, 5.41) is 1.17. The van der Waals surface area contributed by atoms with E-state index in [1.807, 2.05) is 0 Å². The van der Waals surface area contributed by atoms with E-state index in [1.165, 1.54) is 76.0 Å². The van der Waals surface area contributed by atoms with Gasteiger partial charge in [0.2, 0.25) is 0 Å². The van der Waals surface area contributed by atoms with E-state index in [0.717, 1.165) is 6.54 Å². The number of nitrogens with two attached hydrogens (primary N) is 1. The number of unbranched alkanes of at least 4 members (excludes halogenated alkanes) is 10. The first-order chi connectivity index (χ1) is 7.41. The molecule has 3 heteroatoms. The minimum absolute atomic E-state index is 0. The molecule has 0 heterocycles. The van der Waals surface area contributed by atoms with E-state index in [9.17, 15) is 0 Å². The van der Waals surface area contributed by atoms with Gasteiger partial charge in [0.1, 0.15) is 0 Å². The molecule has 0 unspecified atom stereocenters. The van der Waals surface area contributed by atoms with Crippen LogP contribution in [0.4, 0.5) is 0 Å². The van der Waals surface area contributed by atoms with Crippen molar-refractivity contribution in [1.82, 2.24) is 0 Å². The standard InChI is InChI=1S/C13H28BrN.BrH/c14-12-10-8-6-4-2-1-3-5-7-9-11-13-15;/h1-13,15H2;1H. The highest BCUT2D eigenvalue weighted by molar-refractivity contribution is 9.09. The summed E-state index contributed by atoms with van der Waals surface area (Å²) < 4.78 is 0. The van der Waals surface area contributed by atoms with Crippen LogP contribution in [0.3, 0.4) is 0 Å². The zero-order valence-electron chi connectivity index (χ0n) is 10.6. The molecule has 0 aromatic carbocycles. The molecule has 0 saturated carbocycles. The number of rotatable bonds is 12. The Morgan fingerprint density at radius 1 is 0.562 bits per heavy atom. The molecule has 0 aliphatic rings. The van der Waals surface area contributed by atoms with E-state index >= 15 is 0 Å². The van der Waals surface area contributed by atoms with E-state index in [0.29, 0.717) is 0 Å². The van der Waals surface area contributed by atoms with Crippen molar-refractivity contribution in [1.29, 1.82) is 0 Å². The zero-order chi connectivity index (χ0) is 11.2. The summed E-state index contributed by atoms with van der Waals surface area (Å²) in [7, 11) is 0. The van der Waals surface area contributed by atoms with Crippen LogP contribution in [0, 0.1) is 0 Å². The molecule has 0 amide bonds. The average Bonchev–Trinajstić information content (AvgIpc) is 2.26. The van der Waals surface area contributed by atoms with Gasteiger partial charge < -0.3 is 5.73 Å². The van der Waals surface area contributed by atoms with Gasteiger partial charge in [-0.1, -0.05) is 73.7 Å². The van der Waals surface area contributed by atoms with Crippen LogP contribution in [0.5, 0.6) is 0 Å². The Kier molecular flexibility index (Phi) is 22.0. The van der Waals surface area contributed by atoms with Gasteiger partial charge in [-0.05, 0) is 19.4 Å². The molecule has 1 nitrogen and oxygen atoms in total. The fourth-order valence-electron chi connectivity index (χ4n) is 1.83. The van der Waals surface area contributed by atoms with Gasteiger partial charge in [0.05, 0.1) is 0 Å². The highest BCUT2D eigenvalue weighted by Crippen LogP contribution is 2.11. The van der Waals surface area contributed by atoms with Crippen LogP contribution < -0.4 is 5.73 Å². The molecule has 0 aliphatic heterocycles. The lowest BCUT2D eigenvalue weighted by atomic mass is 10.1. The first kappa shape index (κ1) is 19.3. The molecule has 0 atom stereocenters. The molecule has 2 N–H and O–H groups in total. The molecule has 0 fully saturated rings. The van der Waals surface area contributed by atoms with Crippen molar-refractivity contribution in [2.24, 2.45) is 5.73 Å². The Hall–Kier alpha value is 0.920. The van der Waals surface area contributed by atoms with Crippen molar-refractivity contribution in [3.8, 4) is 0 Å². The van der Waals surface area contributed by atoms with Crippen LogP contribution in [0.25, 0.3) is 0 Å². The fraction of sp³-hybridized carbons (Fsp3) is 1.00. The molecule has 0 rings (SSSR count). The third-order valence-electron chi connectivity index (χ3n) is 2.84. The second-order valence-electron chi connectivity index (χ2n) is 4.37. The van der Waals surface area contributed by atoms with E-state index < -0.39 is 0 Å². The van der Waals surface area contributed by atoms with Crippen LogP contribution in [-0.2, 0) is 0 Å². The maximum Gasteiger partial charge on any atom is 0.00313 e. The first-order valence-corrected chi connectivity index (χ1v) is 7.80. The van der Waals surface area contributed by atoms with Crippen LogP contribution in [0.15, 0.2) is 0 Å². The second-order valence-corrected chi connectivity index (χ2v) is 5.16. The Bertz CT molecular complexity index is 98.1. The predicted octanol–water partition coefficient (Wildman–Crippen LogP) is 5.21. The largest absolute Gasteiger partial charge is 0.330 e. The van der Waals surface area contributed by atoms with E-state index in [4.69, 9.17) is 5.73 Å². The third-order valence-corrected chi connectivity index (χ3v) is 3.40. The van der Waals surface area contributed by atoms with E-state index in [1.54, 1.807) is 0 Å². The molecular formula is C13H29Br2N. The van der Waals surface area contributed by atoms with Crippen molar-refractivity contribution in [2.75, 3.05) is 11.9 Å². The third kappa shape index (κ3) is 17.3. The molecule has 0 radical (unpaired) electrons. The van der Waals surface area contributed by atoms with Gasteiger partial charge in [0.25, 0.3) is 0 Å². The molecule has 0 aromatic rings. The highest BCUT2D eigenvalue weighted by atomic mass is 79.9. The highest BCUT2D eigenvalue weighted by Gasteiger charge is 1.92. The van der Waals surface area contributed by atoms with Crippen LogP contribution in [-0.4, -0.2) is 11.9 Å². The minimum atomic E-state index is 0. The maximum atomic E-state index is 5.45. The van der Waals surface area contributed by atoms with Gasteiger partial charge in [-0.25, -0.2) is 0 Å². The van der Waals surface area contributed by atoms with Gasteiger partial charge in [-0.2, -0.15) is 0 Å². The van der Waals surface area contributed by atoms with E-state index in [-0.39, 0.29) is 17.0 Å². The van der Waals surface area contributed by atoms with Crippen LogP contribution in [0.2, 0.25) is 0 Å². The van der Waals surface area contributed by atoms with Gasteiger partial charge in [0.15, 0.2) is 0 Å². The van der Waals surface area contributed by atoms with Gasteiger partial charge in [-0.3, -0.25) is 0 Å². The number of hydrogen-bond acceptors (Lipinski definition) is 1. The van der Waals surface area contributed by atoms with Gasteiger partial charge in [-0.15, -0.1) is 17.0 Å². The van der Waals surface area contributed by atoms with Crippen LogP contribution in [0.1, 0.15) is 70.6 Å². The van der Waals surface area contributed by atoms with Crippen LogP contribution >= 0.6 is 32.9 Å². The van der Waals surface area contributed by atoms with Gasteiger partial charge in [0, 0.05) is 5.33 Å². The lowest BCUT2D eigenvalue weighted by molar-refractivity contribution is 0.552. The summed E-state index contributed by atoms with van der Waals surface area (Å²) in [6.45, 7) is 0.869. The predicted molar refractivity (Wildman–Crippen MR) is 84.0 cm³/mol. The molecule has 0 bridgehead atoms. The van der Waals surface area contributed by atoms with E-state index in [2.05, 4.69) is 15.9 Å². The Morgan fingerprint density at radius 3 is 1.19 bits per heavy atom. The number of halogens is 2. The molecule has 0 saturated heterocycles. The smallest absolute Gasteiger partial charge is 0.00313 e. The molecule has 0 aromatic heterocycles. The first-order valence-electron chi connectivity index (χ1n) is 6.68. The Labute approximate surface area is 121 Å². The maximum absolute atomic E-state index is 5.45. The summed E-state index contributed by atoms with van der Waals surface area (Å²) >= 11 is 3.46. The summed E-state index contributed by atoms with van der Waals surface area (Å²) in [5.74, 6) is 0. The summed E-state index contributed by atoms with van der Waals surface area (Å²) in [6.07, 6.45) is 15.3. The van der Waals surface area contributed by atoms with Crippen molar-refractivity contribution in [3.63, 3.8) is 0 Å². The molecule has 0 spiro atoms. The summed E-state index contributed by atoms with van der Waals surface area (Å²) in [4.78, 5) is 0. The van der Waals surface area contributed by atoms with Gasteiger partial charge >= 0.3 is 0 Å². The zero-order valence-corrected chi connectivity index (χ0v) is 13.9. The van der Waals surface area contributed by atoms with Crippen molar-refractivity contribution in [3.05, 3.63) is 0 Å². The summed E-state index contributed by atoms with van der Waals surface area (Å²) in [5.41, 5.74) is 5.45. The molecule has 16 heavy (non-hydrogen) atoms. The second kappa shape index (κ2) is 18.3. The SMILES string of the molecule is Br.NCCCCCCCCCCCCCBr. The average molecular weight is 359 g/mol.